The number of fused-ring (bicyclic) bond motifs is 1. The molecule has 7 heteroatoms. The third-order valence-corrected chi connectivity index (χ3v) is 4.59. The van der Waals surface area contributed by atoms with Crippen LogP contribution in [-0.2, 0) is 0 Å². The van der Waals surface area contributed by atoms with Crippen molar-refractivity contribution in [2.45, 2.75) is 25.8 Å². The molecular weight excluding hydrogens is 296 g/mol. The number of aromatic amines is 2. The first-order valence-corrected chi connectivity index (χ1v) is 7.78. The summed E-state index contributed by atoms with van der Waals surface area (Å²) in [6.07, 6.45) is 2.03. The van der Waals surface area contributed by atoms with Gasteiger partial charge in [0.05, 0.1) is 11.0 Å². The first kappa shape index (κ1) is 15.5. The molecule has 1 aliphatic rings. The molecule has 2 aromatic rings. The highest BCUT2D eigenvalue weighted by Gasteiger charge is 2.31. The summed E-state index contributed by atoms with van der Waals surface area (Å²) in [5, 5.41) is 0. The maximum absolute atomic E-state index is 12.8. The second-order valence-electron chi connectivity index (χ2n) is 6.09. The van der Waals surface area contributed by atoms with E-state index in [-0.39, 0.29) is 11.9 Å². The van der Waals surface area contributed by atoms with Crippen molar-refractivity contribution in [3.05, 3.63) is 44.5 Å². The van der Waals surface area contributed by atoms with Gasteiger partial charge in [-0.15, -0.1) is 0 Å². The summed E-state index contributed by atoms with van der Waals surface area (Å²) in [6, 6.07) is 4.92. The number of rotatable bonds is 2. The molecule has 0 bridgehead atoms. The number of carbonyl (C=O) groups is 1. The van der Waals surface area contributed by atoms with E-state index in [4.69, 9.17) is 5.73 Å². The maximum atomic E-state index is 12.8. The average molecular weight is 316 g/mol. The summed E-state index contributed by atoms with van der Waals surface area (Å²) < 4.78 is 0. The van der Waals surface area contributed by atoms with Crippen LogP contribution in [0, 0.1) is 5.92 Å². The lowest BCUT2D eigenvalue weighted by Crippen LogP contribution is -2.51. The molecule has 1 aromatic heterocycles. The molecule has 0 spiro atoms. The highest BCUT2D eigenvalue weighted by atomic mass is 16.2. The number of hydrogen-bond donors (Lipinski definition) is 3. The Labute approximate surface area is 132 Å². The normalized spacial score (nSPS) is 21.6. The number of aromatic nitrogens is 2. The van der Waals surface area contributed by atoms with Crippen molar-refractivity contribution in [3.8, 4) is 0 Å². The standard InChI is InChI=1S/C16H20N4O3/c1-9-3-2-6-20(13(9)8-17)16(23)10-4-5-11-12(7-10)19-15(22)14(21)18-11/h4-5,7,9,13H,2-3,6,8,17H2,1H3,(H,18,21)(H,19,22)/t9-,13+/m1/s1. The van der Waals surface area contributed by atoms with E-state index in [9.17, 15) is 14.4 Å². The summed E-state index contributed by atoms with van der Waals surface area (Å²) in [4.78, 5) is 42.4. The SMILES string of the molecule is C[C@@H]1CCCN(C(=O)c2ccc3[nH]c(=O)c(=O)[nH]c3c2)[C@H]1CN. The fraction of sp³-hybridized carbons (Fsp3) is 0.438. The van der Waals surface area contributed by atoms with Gasteiger partial charge in [0.2, 0.25) is 0 Å². The van der Waals surface area contributed by atoms with Gasteiger partial charge < -0.3 is 20.6 Å². The zero-order valence-corrected chi connectivity index (χ0v) is 13.0. The molecule has 0 saturated carbocycles. The van der Waals surface area contributed by atoms with Crippen LogP contribution in [0.3, 0.4) is 0 Å². The monoisotopic (exact) mass is 316 g/mol. The number of carbonyl (C=O) groups excluding carboxylic acids is 1. The first-order valence-electron chi connectivity index (χ1n) is 7.78. The van der Waals surface area contributed by atoms with E-state index in [1.54, 1.807) is 18.2 Å². The van der Waals surface area contributed by atoms with Gasteiger partial charge in [0, 0.05) is 24.7 Å². The molecule has 2 atom stereocenters. The maximum Gasteiger partial charge on any atom is 0.314 e. The molecule has 1 saturated heterocycles. The predicted octanol–water partition coefficient (Wildman–Crippen LogP) is 0.416. The largest absolute Gasteiger partial charge is 0.334 e. The Kier molecular flexibility index (Phi) is 4.04. The van der Waals surface area contributed by atoms with Gasteiger partial charge in [-0.25, -0.2) is 0 Å². The average Bonchev–Trinajstić information content (AvgIpc) is 2.54. The molecular formula is C16H20N4O3. The van der Waals surface area contributed by atoms with Crippen LogP contribution in [0.2, 0.25) is 0 Å². The van der Waals surface area contributed by atoms with Crippen molar-refractivity contribution in [2.75, 3.05) is 13.1 Å². The van der Waals surface area contributed by atoms with Crippen molar-refractivity contribution >= 4 is 16.9 Å². The van der Waals surface area contributed by atoms with Crippen LogP contribution < -0.4 is 16.9 Å². The molecule has 1 aromatic carbocycles. The second kappa shape index (κ2) is 6.00. The van der Waals surface area contributed by atoms with Gasteiger partial charge in [0.1, 0.15) is 0 Å². The molecule has 0 radical (unpaired) electrons. The van der Waals surface area contributed by atoms with Gasteiger partial charge in [0.25, 0.3) is 5.91 Å². The molecule has 0 aliphatic carbocycles. The van der Waals surface area contributed by atoms with Crippen LogP contribution >= 0.6 is 0 Å². The van der Waals surface area contributed by atoms with E-state index >= 15 is 0 Å². The van der Waals surface area contributed by atoms with Crippen molar-refractivity contribution < 1.29 is 4.79 Å². The second-order valence-corrected chi connectivity index (χ2v) is 6.09. The van der Waals surface area contributed by atoms with Crippen molar-refractivity contribution in [3.63, 3.8) is 0 Å². The van der Waals surface area contributed by atoms with Crippen LogP contribution in [0.1, 0.15) is 30.1 Å². The zero-order valence-electron chi connectivity index (χ0n) is 13.0. The number of nitrogens with two attached hydrogens (primary N) is 1. The summed E-state index contributed by atoms with van der Waals surface area (Å²) in [5.74, 6) is 0.273. The Bertz CT molecular complexity index is 854. The molecule has 1 amide bonds. The van der Waals surface area contributed by atoms with Gasteiger partial charge >= 0.3 is 11.1 Å². The predicted molar refractivity (Wildman–Crippen MR) is 87.5 cm³/mol. The molecule has 4 N–H and O–H groups in total. The van der Waals surface area contributed by atoms with Crippen molar-refractivity contribution in [2.24, 2.45) is 11.7 Å². The third kappa shape index (κ3) is 2.79. The van der Waals surface area contributed by atoms with Gasteiger partial charge in [-0.2, -0.15) is 0 Å². The highest BCUT2D eigenvalue weighted by Crippen LogP contribution is 2.24. The quantitative estimate of drug-likeness (QED) is 0.697. The number of hydrogen-bond acceptors (Lipinski definition) is 4. The van der Waals surface area contributed by atoms with E-state index in [1.807, 2.05) is 4.90 Å². The van der Waals surface area contributed by atoms with Crippen molar-refractivity contribution in [1.29, 1.82) is 0 Å². The van der Waals surface area contributed by atoms with Gasteiger partial charge in [0.15, 0.2) is 0 Å². The molecule has 7 nitrogen and oxygen atoms in total. The Balaban J connectivity index is 1.98. The van der Waals surface area contributed by atoms with E-state index in [0.29, 0.717) is 35.6 Å². The van der Waals surface area contributed by atoms with E-state index < -0.39 is 11.1 Å². The highest BCUT2D eigenvalue weighted by molar-refractivity contribution is 5.97. The number of piperidine rings is 1. The van der Waals surface area contributed by atoms with E-state index in [2.05, 4.69) is 16.9 Å². The Hall–Kier alpha value is -2.41. The van der Waals surface area contributed by atoms with Crippen LogP contribution in [0.15, 0.2) is 27.8 Å². The number of H-pyrrole nitrogens is 2. The number of likely N-dealkylation sites (tertiary alicyclic amines) is 1. The molecule has 0 unspecified atom stereocenters. The molecule has 1 fully saturated rings. The molecule has 3 rings (SSSR count). The smallest absolute Gasteiger partial charge is 0.314 e. The summed E-state index contributed by atoms with van der Waals surface area (Å²) in [5.41, 5.74) is 5.83. The summed E-state index contributed by atoms with van der Waals surface area (Å²) >= 11 is 0. The van der Waals surface area contributed by atoms with Crippen LogP contribution in [-0.4, -0.2) is 39.9 Å². The summed E-state index contributed by atoms with van der Waals surface area (Å²) in [6.45, 7) is 3.23. The minimum absolute atomic E-state index is 0.0292. The van der Waals surface area contributed by atoms with Crippen molar-refractivity contribution in [1.82, 2.24) is 14.9 Å². The van der Waals surface area contributed by atoms with Crippen LogP contribution in [0.5, 0.6) is 0 Å². The third-order valence-electron chi connectivity index (χ3n) is 4.59. The topological polar surface area (TPSA) is 112 Å². The fourth-order valence-electron chi connectivity index (χ4n) is 3.27. The minimum Gasteiger partial charge on any atom is -0.334 e. The summed E-state index contributed by atoms with van der Waals surface area (Å²) in [7, 11) is 0. The lowest BCUT2D eigenvalue weighted by atomic mass is 9.90. The fourth-order valence-corrected chi connectivity index (χ4v) is 3.27. The lowest BCUT2D eigenvalue weighted by molar-refractivity contribution is 0.0532. The minimum atomic E-state index is -0.728. The van der Waals surface area contributed by atoms with E-state index in [0.717, 1.165) is 12.8 Å². The number of nitrogens with one attached hydrogen (secondary N) is 2. The number of nitrogens with zero attached hydrogens (tertiary/aromatic N) is 1. The Morgan fingerprint density at radius 2 is 1.96 bits per heavy atom. The molecule has 23 heavy (non-hydrogen) atoms. The molecule has 122 valence electrons. The van der Waals surface area contributed by atoms with Gasteiger partial charge in [-0.3, -0.25) is 14.4 Å². The lowest BCUT2D eigenvalue weighted by Gasteiger charge is -2.39. The van der Waals surface area contributed by atoms with E-state index in [1.165, 1.54) is 0 Å². The van der Waals surface area contributed by atoms with Gasteiger partial charge in [-0.05, 0) is 37.0 Å². The first-order chi connectivity index (χ1) is 11.0. The number of amides is 1. The zero-order chi connectivity index (χ0) is 16.6. The molecule has 2 heterocycles. The molecule has 1 aliphatic heterocycles. The Morgan fingerprint density at radius 1 is 1.26 bits per heavy atom. The number of benzene rings is 1. The van der Waals surface area contributed by atoms with Gasteiger partial charge in [-0.1, -0.05) is 6.92 Å². The van der Waals surface area contributed by atoms with Crippen LogP contribution in [0.4, 0.5) is 0 Å². The Morgan fingerprint density at radius 3 is 2.65 bits per heavy atom. The van der Waals surface area contributed by atoms with Crippen LogP contribution in [0.25, 0.3) is 11.0 Å².